The largest absolute Gasteiger partial charge is 0.487 e. The van der Waals surface area contributed by atoms with E-state index in [0.717, 1.165) is 54.3 Å². The van der Waals surface area contributed by atoms with Crippen LogP contribution in [0.3, 0.4) is 0 Å². The molecule has 0 radical (unpaired) electrons. The van der Waals surface area contributed by atoms with Crippen LogP contribution in [0, 0.1) is 17.6 Å². The predicted octanol–water partition coefficient (Wildman–Crippen LogP) is 3.22. The number of nitrogens with zero attached hydrogens (tertiary/aromatic N) is 6. The van der Waals surface area contributed by atoms with Gasteiger partial charge in [0.1, 0.15) is 17.6 Å². The summed E-state index contributed by atoms with van der Waals surface area (Å²) in [7, 11) is 0. The van der Waals surface area contributed by atoms with Crippen LogP contribution in [0.15, 0.2) is 30.6 Å². The van der Waals surface area contributed by atoms with Crippen molar-refractivity contribution >= 4 is 11.7 Å². The van der Waals surface area contributed by atoms with Crippen LogP contribution in [0.25, 0.3) is 11.3 Å². The minimum atomic E-state index is -0.694. The van der Waals surface area contributed by atoms with Gasteiger partial charge < -0.3 is 19.3 Å². The van der Waals surface area contributed by atoms with Crippen LogP contribution in [-0.2, 0) is 29.0 Å². The zero-order chi connectivity index (χ0) is 26.2. The average molecular weight is 525 g/mol. The van der Waals surface area contributed by atoms with E-state index in [1.807, 2.05) is 17.1 Å². The minimum absolute atomic E-state index is 0.0262. The number of rotatable bonds is 6. The number of hydrogen-bond acceptors (Lipinski definition) is 7. The van der Waals surface area contributed by atoms with Gasteiger partial charge in [-0.2, -0.15) is 5.10 Å². The SMILES string of the molecule is CC(=O)N1CCc2nc(N3CCC(Oc4ccc(F)cc4F)CC3)c(-c3cnn(CC4COC4)c3)nc2C1. The first-order chi connectivity index (χ1) is 18.4. The fraction of sp³-hybridized carbons (Fsp3) is 0.481. The molecule has 6 rings (SSSR count). The molecule has 11 heteroatoms. The van der Waals surface area contributed by atoms with E-state index < -0.39 is 11.6 Å². The highest BCUT2D eigenvalue weighted by molar-refractivity contribution is 5.74. The molecule has 3 aromatic rings. The van der Waals surface area contributed by atoms with Crippen LogP contribution in [0.4, 0.5) is 14.6 Å². The Morgan fingerprint density at radius 1 is 1.13 bits per heavy atom. The van der Waals surface area contributed by atoms with Crippen LogP contribution < -0.4 is 9.64 Å². The molecular weight excluding hydrogens is 494 g/mol. The first-order valence-corrected chi connectivity index (χ1v) is 13.1. The summed E-state index contributed by atoms with van der Waals surface area (Å²) in [6.07, 6.45) is 5.61. The maximum atomic E-state index is 14.1. The standard InChI is InChI=1S/C27H30F2N6O3/c1-17(36)34-9-6-23-24(14-34)31-26(19-11-30-35(13-19)12-18-15-37-16-18)27(32-23)33-7-4-21(5-8-33)38-25-3-2-20(28)10-22(25)29/h2-3,10-11,13,18,21H,4-9,12,14-16H2,1H3. The summed E-state index contributed by atoms with van der Waals surface area (Å²) in [4.78, 5) is 26.1. The highest BCUT2D eigenvalue weighted by Crippen LogP contribution is 2.33. The van der Waals surface area contributed by atoms with Gasteiger partial charge >= 0.3 is 0 Å². The molecule has 1 amide bonds. The summed E-state index contributed by atoms with van der Waals surface area (Å²) in [5.74, 6) is 0.0277. The highest BCUT2D eigenvalue weighted by Gasteiger charge is 2.29. The van der Waals surface area contributed by atoms with Crippen molar-refractivity contribution in [2.45, 2.75) is 45.4 Å². The topological polar surface area (TPSA) is 85.6 Å². The fourth-order valence-corrected chi connectivity index (χ4v) is 5.18. The number of anilines is 1. The molecule has 5 heterocycles. The van der Waals surface area contributed by atoms with Crippen molar-refractivity contribution in [3.05, 3.63) is 53.6 Å². The summed E-state index contributed by atoms with van der Waals surface area (Å²) in [6, 6.07) is 3.38. The van der Waals surface area contributed by atoms with Crippen LogP contribution >= 0.6 is 0 Å². The molecule has 2 fully saturated rings. The fourth-order valence-electron chi connectivity index (χ4n) is 5.18. The zero-order valence-electron chi connectivity index (χ0n) is 21.3. The maximum Gasteiger partial charge on any atom is 0.219 e. The Morgan fingerprint density at radius 3 is 2.66 bits per heavy atom. The Hall–Kier alpha value is -3.60. The molecular formula is C27H30F2N6O3. The van der Waals surface area contributed by atoms with Gasteiger partial charge in [0.25, 0.3) is 0 Å². The number of amides is 1. The van der Waals surface area contributed by atoms with E-state index in [0.29, 0.717) is 51.4 Å². The van der Waals surface area contributed by atoms with E-state index in [1.165, 1.54) is 12.1 Å². The van der Waals surface area contributed by atoms with E-state index in [1.54, 1.807) is 11.8 Å². The summed E-state index contributed by atoms with van der Waals surface area (Å²) in [6.45, 7) is 6.23. The number of benzene rings is 1. The molecule has 0 atom stereocenters. The zero-order valence-corrected chi connectivity index (χ0v) is 21.3. The summed E-state index contributed by atoms with van der Waals surface area (Å²) >= 11 is 0. The molecule has 2 aromatic heterocycles. The predicted molar refractivity (Wildman–Crippen MR) is 135 cm³/mol. The van der Waals surface area contributed by atoms with Gasteiger partial charge in [-0.25, -0.2) is 18.7 Å². The molecule has 0 bridgehead atoms. The Morgan fingerprint density at radius 2 is 1.95 bits per heavy atom. The van der Waals surface area contributed by atoms with Crippen molar-refractivity contribution in [1.29, 1.82) is 0 Å². The first kappa shape index (κ1) is 24.7. The molecule has 38 heavy (non-hydrogen) atoms. The molecule has 3 aliphatic rings. The van der Waals surface area contributed by atoms with E-state index >= 15 is 0 Å². The van der Waals surface area contributed by atoms with Crippen molar-refractivity contribution in [1.82, 2.24) is 24.6 Å². The number of hydrogen-bond donors (Lipinski definition) is 0. The quantitative estimate of drug-likeness (QED) is 0.490. The van der Waals surface area contributed by atoms with Crippen LogP contribution in [0.5, 0.6) is 5.75 Å². The number of carbonyl (C=O) groups is 1. The summed E-state index contributed by atoms with van der Waals surface area (Å²) in [5, 5.41) is 4.56. The van der Waals surface area contributed by atoms with Crippen molar-refractivity contribution < 1.29 is 23.0 Å². The third kappa shape index (κ3) is 5.07. The molecule has 9 nitrogen and oxygen atoms in total. The second-order valence-electron chi connectivity index (χ2n) is 10.2. The molecule has 0 aliphatic carbocycles. The molecule has 3 aliphatic heterocycles. The molecule has 1 aromatic carbocycles. The lowest BCUT2D eigenvalue weighted by Crippen LogP contribution is -2.40. The lowest BCUT2D eigenvalue weighted by Gasteiger charge is -2.35. The number of halogens is 2. The van der Waals surface area contributed by atoms with Gasteiger partial charge in [-0.1, -0.05) is 0 Å². The number of fused-ring (bicyclic) bond motifs is 1. The maximum absolute atomic E-state index is 14.1. The Labute approximate surface area is 219 Å². The third-order valence-corrected chi connectivity index (χ3v) is 7.43. The van der Waals surface area contributed by atoms with Gasteiger partial charge in [0.15, 0.2) is 17.4 Å². The van der Waals surface area contributed by atoms with Crippen LogP contribution in [-0.4, -0.2) is 69.5 Å². The number of aromatic nitrogens is 4. The minimum Gasteiger partial charge on any atom is -0.487 e. The number of ether oxygens (including phenoxy) is 2. The Bertz CT molecular complexity index is 1340. The van der Waals surface area contributed by atoms with Crippen LogP contribution in [0.1, 0.15) is 31.2 Å². The lowest BCUT2D eigenvalue weighted by molar-refractivity contribution is -0.129. The molecule has 0 N–H and O–H groups in total. The first-order valence-electron chi connectivity index (χ1n) is 13.1. The Kier molecular flexibility index (Phi) is 6.69. The van der Waals surface area contributed by atoms with E-state index in [2.05, 4.69) is 10.00 Å². The second-order valence-corrected chi connectivity index (χ2v) is 10.2. The highest BCUT2D eigenvalue weighted by atomic mass is 19.1. The normalized spacial score (nSPS) is 18.3. The van der Waals surface area contributed by atoms with Crippen molar-refractivity contribution in [3.8, 4) is 17.0 Å². The van der Waals surface area contributed by atoms with Crippen LogP contribution in [0.2, 0.25) is 0 Å². The lowest BCUT2D eigenvalue weighted by atomic mass is 10.1. The van der Waals surface area contributed by atoms with Gasteiger partial charge in [-0.05, 0) is 12.1 Å². The van der Waals surface area contributed by atoms with Gasteiger partial charge in [0.2, 0.25) is 5.91 Å². The molecule has 2 saturated heterocycles. The second kappa shape index (κ2) is 10.3. The molecule has 200 valence electrons. The monoisotopic (exact) mass is 524 g/mol. The third-order valence-electron chi connectivity index (χ3n) is 7.43. The van der Waals surface area contributed by atoms with Crippen molar-refractivity contribution in [2.24, 2.45) is 5.92 Å². The van der Waals surface area contributed by atoms with Crippen molar-refractivity contribution in [2.75, 3.05) is 37.7 Å². The smallest absolute Gasteiger partial charge is 0.219 e. The van der Waals surface area contributed by atoms with Gasteiger partial charge in [-0.15, -0.1) is 0 Å². The number of carbonyl (C=O) groups excluding carboxylic acids is 1. The van der Waals surface area contributed by atoms with E-state index in [4.69, 9.17) is 19.4 Å². The molecule has 0 saturated carbocycles. The van der Waals surface area contributed by atoms with E-state index in [-0.39, 0.29) is 17.8 Å². The average Bonchev–Trinajstić information content (AvgIpc) is 3.36. The number of piperidine rings is 1. The van der Waals surface area contributed by atoms with Gasteiger partial charge in [0.05, 0.1) is 37.3 Å². The molecule has 0 unspecified atom stereocenters. The van der Waals surface area contributed by atoms with Gasteiger partial charge in [-0.3, -0.25) is 9.48 Å². The summed E-state index contributed by atoms with van der Waals surface area (Å²) < 4.78 is 40.4. The summed E-state index contributed by atoms with van der Waals surface area (Å²) in [5.41, 5.74) is 3.35. The Balaban J connectivity index is 1.24. The van der Waals surface area contributed by atoms with Crippen molar-refractivity contribution in [3.63, 3.8) is 0 Å². The molecule has 0 spiro atoms. The van der Waals surface area contributed by atoms with E-state index in [9.17, 15) is 13.6 Å². The van der Waals surface area contributed by atoms with Gasteiger partial charge in [0, 0.05) is 76.1 Å².